The molecule has 0 radical (unpaired) electrons. The fourth-order valence-electron chi connectivity index (χ4n) is 4.34. The summed E-state index contributed by atoms with van der Waals surface area (Å²) in [6, 6.07) is 0.551. The molecule has 0 spiro atoms. The standard InChI is InChI=1S/C18H29N5O/c1-4-5-23-11-12(7-17(24)22(2)3)6-13-8-15-14(9-16(13)23)10-20-18(19)21-15/h10,12-13,16H,4-9,11H2,1-3H3,(H2,19,20,21)/t12-,13-,16-/m1/s1. The highest BCUT2D eigenvalue weighted by Gasteiger charge is 2.39. The largest absolute Gasteiger partial charge is 0.368 e. The highest BCUT2D eigenvalue weighted by molar-refractivity contribution is 5.75. The maximum atomic E-state index is 12.1. The molecule has 6 nitrogen and oxygen atoms in total. The minimum absolute atomic E-state index is 0.234. The highest BCUT2D eigenvalue weighted by atomic mass is 16.2. The number of nitrogens with zero attached hydrogens (tertiary/aromatic N) is 4. The summed E-state index contributed by atoms with van der Waals surface area (Å²) in [5.74, 6) is 1.60. The SMILES string of the molecule is CCCN1C[C@@H](CC(=O)N(C)C)C[C@@H]2Cc3nc(N)ncc3C[C@H]21. The summed E-state index contributed by atoms with van der Waals surface area (Å²) in [6.07, 6.45) is 6.76. The molecule has 1 saturated heterocycles. The number of nitrogens with two attached hydrogens (primary N) is 1. The van der Waals surface area contributed by atoms with Crippen LogP contribution < -0.4 is 5.73 Å². The van der Waals surface area contributed by atoms with E-state index in [9.17, 15) is 4.79 Å². The third kappa shape index (κ3) is 3.53. The van der Waals surface area contributed by atoms with Gasteiger partial charge in [0.25, 0.3) is 0 Å². The summed E-state index contributed by atoms with van der Waals surface area (Å²) in [5, 5.41) is 0. The third-order valence-electron chi connectivity index (χ3n) is 5.47. The van der Waals surface area contributed by atoms with Crippen LogP contribution >= 0.6 is 0 Å². The number of fused-ring (bicyclic) bond motifs is 2. The van der Waals surface area contributed by atoms with Crippen molar-refractivity contribution >= 4 is 11.9 Å². The number of likely N-dealkylation sites (tertiary alicyclic amines) is 1. The van der Waals surface area contributed by atoms with Crippen molar-refractivity contribution < 1.29 is 4.79 Å². The monoisotopic (exact) mass is 331 g/mol. The molecule has 2 aliphatic rings. The van der Waals surface area contributed by atoms with Crippen molar-refractivity contribution in [2.24, 2.45) is 11.8 Å². The van der Waals surface area contributed by atoms with E-state index in [1.54, 1.807) is 4.90 Å². The Bertz CT molecular complexity index is 603. The zero-order valence-electron chi connectivity index (χ0n) is 15.0. The van der Waals surface area contributed by atoms with Crippen LogP contribution in [0.2, 0.25) is 0 Å². The smallest absolute Gasteiger partial charge is 0.222 e. The van der Waals surface area contributed by atoms with E-state index in [4.69, 9.17) is 5.73 Å². The summed E-state index contributed by atoms with van der Waals surface area (Å²) in [6.45, 7) is 4.35. The van der Waals surface area contributed by atoms with Crippen molar-refractivity contribution in [1.82, 2.24) is 19.8 Å². The number of amides is 1. The lowest BCUT2D eigenvalue weighted by molar-refractivity contribution is -0.130. The molecule has 24 heavy (non-hydrogen) atoms. The first kappa shape index (κ1) is 17.1. The molecule has 0 aromatic carbocycles. The molecule has 1 fully saturated rings. The molecular weight excluding hydrogens is 302 g/mol. The molecule has 1 aliphatic carbocycles. The van der Waals surface area contributed by atoms with E-state index in [0.29, 0.717) is 30.2 Å². The predicted molar refractivity (Wildman–Crippen MR) is 94.4 cm³/mol. The maximum absolute atomic E-state index is 12.1. The van der Waals surface area contributed by atoms with Crippen LogP contribution in [0.1, 0.15) is 37.4 Å². The molecule has 2 N–H and O–H groups in total. The van der Waals surface area contributed by atoms with Gasteiger partial charge in [-0.05, 0) is 49.6 Å². The summed E-state index contributed by atoms with van der Waals surface area (Å²) in [7, 11) is 3.68. The maximum Gasteiger partial charge on any atom is 0.222 e. The molecule has 1 amide bonds. The van der Waals surface area contributed by atoms with Gasteiger partial charge in [0.2, 0.25) is 11.9 Å². The van der Waals surface area contributed by atoms with Crippen molar-refractivity contribution in [2.75, 3.05) is 32.9 Å². The van der Waals surface area contributed by atoms with Crippen LogP contribution in [0.3, 0.4) is 0 Å². The van der Waals surface area contributed by atoms with E-state index in [1.165, 1.54) is 5.56 Å². The predicted octanol–water partition coefficient (Wildman–Crippen LogP) is 1.35. The van der Waals surface area contributed by atoms with E-state index in [0.717, 1.165) is 44.5 Å². The van der Waals surface area contributed by atoms with E-state index in [2.05, 4.69) is 21.8 Å². The lowest BCUT2D eigenvalue weighted by Crippen LogP contribution is -2.53. The zero-order valence-corrected chi connectivity index (χ0v) is 15.0. The van der Waals surface area contributed by atoms with Gasteiger partial charge in [0.05, 0.1) is 0 Å². The summed E-state index contributed by atoms with van der Waals surface area (Å²) < 4.78 is 0. The first-order valence-electron chi connectivity index (χ1n) is 9.02. The number of rotatable bonds is 4. The Morgan fingerprint density at radius 2 is 2.21 bits per heavy atom. The van der Waals surface area contributed by atoms with Crippen LogP contribution in [0.25, 0.3) is 0 Å². The molecule has 1 aliphatic heterocycles. The Balaban J connectivity index is 1.78. The highest BCUT2D eigenvalue weighted by Crippen LogP contribution is 2.37. The lowest BCUT2D eigenvalue weighted by atomic mass is 9.73. The Morgan fingerprint density at radius 1 is 1.42 bits per heavy atom. The molecule has 132 valence electrons. The van der Waals surface area contributed by atoms with Crippen LogP contribution in [-0.2, 0) is 17.6 Å². The van der Waals surface area contributed by atoms with E-state index in [-0.39, 0.29) is 5.91 Å². The fraction of sp³-hybridized carbons (Fsp3) is 0.722. The topological polar surface area (TPSA) is 75.4 Å². The fourth-order valence-corrected chi connectivity index (χ4v) is 4.34. The zero-order chi connectivity index (χ0) is 17.3. The number of anilines is 1. The Hall–Kier alpha value is -1.69. The average Bonchev–Trinajstić information content (AvgIpc) is 2.53. The van der Waals surface area contributed by atoms with Gasteiger partial charge in [-0.3, -0.25) is 9.69 Å². The number of carbonyl (C=O) groups is 1. The van der Waals surface area contributed by atoms with E-state index >= 15 is 0 Å². The third-order valence-corrected chi connectivity index (χ3v) is 5.47. The molecular formula is C18H29N5O. The molecule has 1 aromatic rings. The Labute approximate surface area is 144 Å². The van der Waals surface area contributed by atoms with Crippen molar-refractivity contribution in [3.8, 4) is 0 Å². The van der Waals surface area contributed by atoms with E-state index < -0.39 is 0 Å². The lowest BCUT2D eigenvalue weighted by Gasteiger charge is -2.47. The van der Waals surface area contributed by atoms with Gasteiger partial charge >= 0.3 is 0 Å². The number of carbonyl (C=O) groups excluding carboxylic acids is 1. The Kier molecular flexibility index (Phi) is 5.04. The van der Waals surface area contributed by atoms with Gasteiger partial charge in [-0.2, -0.15) is 0 Å². The van der Waals surface area contributed by atoms with Gasteiger partial charge in [-0.15, -0.1) is 0 Å². The number of piperidine rings is 1. The molecule has 2 heterocycles. The minimum atomic E-state index is 0.234. The van der Waals surface area contributed by atoms with Crippen molar-refractivity contribution in [3.05, 3.63) is 17.5 Å². The summed E-state index contributed by atoms with van der Waals surface area (Å²) in [4.78, 5) is 25.1. The van der Waals surface area contributed by atoms with Crippen LogP contribution in [0, 0.1) is 11.8 Å². The molecule has 1 aromatic heterocycles. The normalized spacial score (nSPS) is 26.5. The van der Waals surface area contributed by atoms with Crippen molar-refractivity contribution in [3.63, 3.8) is 0 Å². The van der Waals surface area contributed by atoms with Crippen molar-refractivity contribution in [2.45, 2.75) is 45.1 Å². The van der Waals surface area contributed by atoms with Crippen LogP contribution in [-0.4, -0.2) is 58.9 Å². The van der Waals surface area contributed by atoms with Gasteiger partial charge in [0, 0.05) is 45.0 Å². The number of hydrogen-bond acceptors (Lipinski definition) is 5. The molecule has 6 heteroatoms. The summed E-state index contributed by atoms with van der Waals surface area (Å²) >= 11 is 0. The number of hydrogen-bond donors (Lipinski definition) is 1. The second-order valence-corrected chi connectivity index (χ2v) is 7.52. The molecule has 0 bridgehead atoms. The van der Waals surface area contributed by atoms with Crippen LogP contribution in [0.5, 0.6) is 0 Å². The summed E-state index contributed by atoms with van der Waals surface area (Å²) in [5.41, 5.74) is 8.12. The van der Waals surface area contributed by atoms with E-state index in [1.807, 2.05) is 20.3 Å². The van der Waals surface area contributed by atoms with Crippen molar-refractivity contribution in [1.29, 1.82) is 0 Å². The van der Waals surface area contributed by atoms with Gasteiger partial charge < -0.3 is 10.6 Å². The average molecular weight is 331 g/mol. The van der Waals surface area contributed by atoms with Gasteiger partial charge in [-0.1, -0.05) is 6.92 Å². The second kappa shape index (κ2) is 7.05. The first-order valence-corrected chi connectivity index (χ1v) is 9.02. The first-order chi connectivity index (χ1) is 11.5. The van der Waals surface area contributed by atoms with Crippen LogP contribution in [0.15, 0.2) is 6.20 Å². The Morgan fingerprint density at radius 3 is 2.92 bits per heavy atom. The minimum Gasteiger partial charge on any atom is -0.368 e. The molecule has 0 saturated carbocycles. The van der Waals surface area contributed by atoms with Gasteiger partial charge in [0.1, 0.15) is 0 Å². The number of aromatic nitrogens is 2. The molecule has 3 atom stereocenters. The van der Waals surface area contributed by atoms with Crippen LogP contribution in [0.4, 0.5) is 5.95 Å². The molecule has 0 unspecified atom stereocenters. The molecule has 3 rings (SSSR count). The number of nitrogen functional groups attached to an aromatic ring is 1. The quantitative estimate of drug-likeness (QED) is 0.901. The second-order valence-electron chi connectivity index (χ2n) is 7.52. The van der Waals surface area contributed by atoms with Gasteiger partial charge in [-0.25, -0.2) is 9.97 Å². The van der Waals surface area contributed by atoms with Gasteiger partial charge in [0.15, 0.2) is 0 Å².